The van der Waals surface area contributed by atoms with Crippen molar-refractivity contribution in [3.8, 4) is 0 Å². The molecule has 0 amide bonds. The van der Waals surface area contributed by atoms with Gasteiger partial charge >= 0.3 is 11.9 Å². The van der Waals surface area contributed by atoms with E-state index in [1.165, 1.54) is 13.8 Å². The first-order chi connectivity index (χ1) is 8.52. The fourth-order valence-electron chi connectivity index (χ4n) is 1.52. The molecule has 0 aromatic carbocycles. The Morgan fingerprint density at radius 3 is 2.56 bits per heavy atom. The lowest BCUT2D eigenvalue weighted by molar-refractivity contribution is -0.160. The van der Waals surface area contributed by atoms with Crippen LogP contribution < -0.4 is 0 Å². The van der Waals surface area contributed by atoms with Crippen molar-refractivity contribution in [2.45, 2.75) is 38.4 Å². The number of carbonyl (C=O) groups excluding carboxylic acids is 2. The Morgan fingerprint density at radius 1 is 1.28 bits per heavy atom. The molecular weight excluding hydrogens is 256 g/mol. The second-order valence-corrected chi connectivity index (χ2v) is 5.14. The fraction of sp³-hybridized carbons (Fsp3) is 0.667. The summed E-state index contributed by atoms with van der Waals surface area (Å²) in [6, 6.07) is 0. The Hall–Kier alpha value is -1.01. The highest BCUT2D eigenvalue weighted by Crippen LogP contribution is 2.23. The van der Waals surface area contributed by atoms with Crippen LogP contribution in [0.3, 0.4) is 0 Å². The minimum Gasteiger partial charge on any atom is -0.463 e. The van der Waals surface area contributed by atoms with Crippen molar-refractivity contribution >= 4 is 23.7 Å². The normalized spacial score (nSPS) is 26.7. The van der Waals surface area contributed by atoms with E-state index in [4.69, 9.17) is 14.2 Å². The summed E-state index contributed by atoms with van der Waals surface area (Å²) < 4.78 is 15.7. The Balaban J connectivity index is 2.62. The summed E-state index contributed by atoms with van der Waals surface area (Å²) in [5.41, 5.74) is -0.0950. The van der Waals surface area contributed by atoms with Crippen molar-refractivity contribution in [2.24, 2.45) is 0 Å². The Bertz CT molecular complexity index is 328. The van der Waals surface area contributed by atoms with E-state index in [0.717, 1.165) is 5.75 Å². The largest absolute Gasteiger partial charge is 0.463 e. The Morgan fingerprint density at radius 2 is 2.00 bits per heavy atom. The maximum atomic E-state index is 11.0. The van der Waals surface area contributed by atoms with Gasteiger partial charge in [0.15, 0.2) is 0 Å². The van der Waals surface area contributed by atoms with Crippen LogP contribution in [-0.2, 0) is 23.8 Å². The number of ether oxygens (including phenoxy) is 3. The quantitative estimate of drug-likeness (QED) is 0.559. The molecule has 0 aromatic heterocycles. The van der Waals surface area contributed by atoms with E-state index in [0.29, 0.717) is 0 Å². The molecule has 0 aliphatic carbocycles. The highest BCUT2D eigenvalue weighted by Gasteiger charge is 2.30. The third kappa shape index (κ3) is 5.10. The molecule has 102 valence electrons. The van der Waals surface area contributed by atoms with E-state index in [2.05, 4.69) is 0 Å². The summed E-state index contributed by atoms with van der Waals surface area (Å²) in [5.74, 6) is 0.144. The second kappa shape index (κ2) is 7.43. The number of rotatable bonds is 5. The number of esters is 2. The van der Waals surface area contributed by atoms with Gasteiger partial charge in [-0.05, 0) is 17.9 Å². The standard InChI is InChI=1S/C12H18O5S/c1-4-18-12-6-5-10(16-9(3)14)11(17-12)7-15-8(2)13/h5-6,10-12H,4,7H2,1-3H3/t10-,11+,12-/m0/s1. The van der Waals surface area contributed by atoms with Gasteiger partial charge in [0.05, 0.1) is 0 Å². The second-order valence-electron chi connectivity index (χ2n) is 3.76. The van der Waals surface area contributed by atoms with Crippen LogP contribution in [0.25, 0.3) is 0 Å². The summed E-state index contributed by atoms with van der Waals surface area (Å²) in [4.78, 5) is 21.8. The molecule has 0 fully saturated rings. The van der Waals surface area contributed by atoms with E-state index in [1.807, 2.05) is 13.0 Å². The molecule has 0 aromatic rings. The van der Waals surface area contributed by atoms with Crippen LogP contribution in [0.2, 0.25) is 0 Å². The predicted molar refractivity (Wildman–Crippen MR) is 68.1 cm³/mol. The number of hydrogen-bond donors (Lipinski definition) is 0. The molecule has 5 nitrogen and oxygen atoms in total. The Kier molecular flexibility index (Phi) is 6.21. The average molecular weight is 274 g/mol. The van der Waals surface area contributed by atoms with Gasteiger partial charge in [0.1, 0.15) is 24.3 Å². The lowest BCUT2D eigenvalue weighted by atomic mass is 10.1. The van der Waals surface area contributed by atoms with E-state index < -0.39 is 12.2 Å². The van der Waals surface area contributed by atoms with Crippen molar-refractivity contribution in [1.82, 2.24) is 0 Å². The zero-order chi connectivity index (χ0) is 13.5. The van der Waals surface area contributed by atoms with Crippen LogP contribution in [0.15, 0.2) is 12.2 Å². The maximum absolute atomic E-state index is 11.0. The molecule has 0 spiro atoms. The third-order valence-electron chi connectivity index (χ3n) is 2.22. The van der Waals surface area contributed by atoms with Crippen molar-refractivity contribution in [2.75, 3.05) is 12.4 Å². The number of hydrogen-bond acceptors (Lipinski definition) is 6. The fourth-order valence-corrected chi connectivity index (χ4v) is 2.27. The molecule has 1 rings (SSSR count). The van der Waals surface area contributed by atoms with Crippen LogP contribution in [0, 0.1) is 0 Å². The van der Waals surface area contributed by atoms with Gasteiger partial charge < -0.3 is 14.2 Å². The zero-order valence-corrected chi connectivity index (χ0v) is 11.6. The highest BCUT2D eigenvalue weighted by atomic mass is 32.2. The molecule has 3 atom stereocenters. The molecule has 6 heteroatoms. The highest BCUT2D eigenvalue weighted by molar-refractivity contribution is 7.99. The van der Waals surface area contributed by atoms with Crippen LogP contribution in [0.1, 0.15) is 20.8 Å². The number of thioether (sulfide) groups is 1. The lowest BCUT2D eigenvalue weighted by Gasteiger charge is -2.31. The third-order valence-corrected chi connectivity index (χ3v) is 3.15. The van der Waals surface area contributed by atoms with Gasteiger partial charge in [-0.2, -0.15) is 0 Å². The van der Waals surface area contributed by atoms with Gasteiger partial charge in [-0.25, -0.2) is 0 Å². The molecule has 0 N–H and O–H groups in total. The van der Waals surface area contributed by atoms with Crippen LogP contribution in [0.4, 0.5) is 0 Å². The molecule has 18 heavy (non-hydrogen) atoms. The summed E-state index contributed by atoms with van der Waals surface area (Å²) in [6.45, 7) is 4.78. The van der Waals surface area contributed by atoms with Crippen molar-refractivity contribution < 1.29 is 23.8 Å². The van der Waals surface area contributed by atoms with Crippen LogP contribution >= 0.6 is 11.8 Å². The SMILES string of the molecule is CCS[C@H]1C=C[C@H](OC(C)=O)[C@@H](COC(C)=O)O1. The molecule has 1 aliphatic heterocycles. The van der Waals surface area contributed by atoms with Gasteiger partial charge in [0.25, 0.3) is 0 Å². The summed E-state index contributed by atoms with van der Waals surface area (Å²) >= 11 is 1.62. The van der Waals surface area contributed by atoms with Gasteiger partial charge in [-0.1, -0.05) is 6.92 Å². The monoisotopic (exact) mass is 274 g/mol. The summed E-state index contributed by atoms with van der Waals surface area (Å²) in [6.07, 6.45) is 2.68. The topological polar surface area (TPSA) is 61.8 Å². The van der Waals surface area contributed by atoms with Gasteiger partial charge in [0, 0.05) is 13.8 Å². The van der Waals surface area contributed by atoms with Crippen LogP contribution in [0.5, 0.6) is 0 Å². The van der Waals surface area contributed by atoms with Crippen molar-refractivity contribution in [3.05, 3.63) is 12.2 Å². The molecule has 0 unspecified atom stereocenters. The average Bonchev–Trinajstić information content (AvgIpc) is 2.28. The minimum absolute atomic E-state index is 0.0817. The molecular formula is C12H18O5S. The van der Waals surface area contributed by atoms with E-state index in [-0.39, 0.29) is 24.0 Å². The first-order valence-corrected chi connectivity index (χ1v) is 6.83. The zero-order valence-electron chi connectivity index (χ0n) is 10.8. The van der Waals surface area contributed by atoms with E-state index in [9.17, 15) is 9.59 Å². The van der Waals surface area contributed by atoms with Gasteiger partial charge in [-0.3, -0.25) is 9.59 Å². The van der Waals surface area contributed by atoms with Gasteiger partial charge in [0.2, 0.25) is 0 Å². The number of carbonyl (C=O) groups is 2. The molecule has 1 heterocycles. The molecule has 0 bridgehead atoms. The Labute approximate surface area is 111 Å². The first-order valence-electron chi connectivity index (χ1n) is 5.79. The van der Waals surface area contributed by atoms with E-state index >= 15 is 0 Å². The van der Waals surface area contributed by atoms with Crippen molar-refractivity contribution in [3.63, 3.8) is 0 Å². The van der Waals surface area contributed by atoms with E-state index in [1.54, 1.807) is 17.8 Å². The molecule has 0 radical (unpaired) electrons. The first kappa shape index (κ1) is 15.0. The summed E-state index contributed by atoms with van der Waals surface area (Å²) in [5, 5.41) is 0. The maximum Gasteiger partial charge on any atom is 0.303 e. The molecule has 0 saturated heterocycles. The van der Waals surface area contributed by atoms with Gasteiger partial charge in [-0.15, -0.1) is 11.8 Å². The minimum atomic E-state index is -0.504. The lowest BCUT2D eigenvalue weighted by Crippen LogP contribution is -2.40. The van der Waals surface area contributed by atoms with Crippen LogP contribution in [-0.4, -0.2) is 41.9 Å². The molecule has 1 aliphatic rings. The van der Waals surface area contributed by atoms with Crippen molar-refractivity contribution in [1.29, 1.82) is 0 Å². The molecule has 0 saturated carbocycles. The predicted octanol–water partition coefficient (Wildman–Crippen LogP) is 1.52. The summed E-state index contributed by atoms with van der Waals surface area (Å²) in [7, 11) is 0. The smallest absolute Gasteiger partial charge is 0.303 e.